The lowest BCUT2D eigenvalue weighted by molar-refractivity contribution is 0.669. The van der Waals surface area contributed by atoms with Crippen molar-refractivity contribution < 1.29 is 4.42 Å². The molecule has 0 unspecified atom stereocenters. The van der Waals surface area contributed by atoms with Gasteiger partial charge in [-0.2, -0.15) is 0 Å². The second-order valence-corrected chi connectivity index (χ2v) is 14.8. The van der Waals surface area contributed by atoms with E-state index in [4.69, 9.17) is 4.42 Å². The average molecular weight is 697 g/mol. The molecule has 12 rings (SSSR count). The molecule has 1 heteroatoms. The lowest BCUT2D eigenvalue weighted by Gasteiger charge is -2.20. The Bertz CT molecular complexity index is 3260. The van der Waals surface area contributed by atoms with Crippen molar-refractivity contribution in [2.24, 2.45) is 0 Å². The van der Waals surface area contributed by atoms with Crippen LogP contribution in [0.3, 0.4) is 0 Å². The van der Waals surface area contributed by atoms with E-state index in [-0.39, 0.29) is 0 Å². The van der Waals surface area contributed by atoms with Gasteiger partial charge in [-0.3, -0.25) is 0 Å². The van der Waals surface area contributed by atoms with Gasteiger partial charge >= 0.3 is 0 Å². The number of hydrogen-bond donors (Lipinski definition) is 0. The van der Waals surface area contributed by atoms with Crippen LogP contribution in [0.4, 0.5) is 0 Å². The zero-order valence-corrected chi connectivity index (χ0v) is 29.9. The van der Waals surface area contributed by atoms with Gasteiger partial charge in [-0.25, -0.2) is 0 Å². The van der Waals surface area contributed by atoms with Crippen molar-refractivity contribution in [3.63, 3.8) is 0 Å². The molecule has 55 heavy (non-hydrogen) atoms. The van der Waals surface area contributed by atoms with Crippen molar-refractivity contribution in [1.82, 2.24) is 0 Å². The van der Waals surface area contributed by atoms with Crippen LogP contribution in [0.2, 0.25) is 0 Å². The highest BCUT2D eigenvalue weighted by atomic mass is 16.3. The van der Waals surface area contributed by atoms with Gasteiger partial charge < -0.3 is 4.42 Å². The third-order valence-electron chi connectivity index (χ3n) is 11.8. The van der Waals surface area contributed by atoms with E-state index >= 15 is 0 Å². The summed E-state index contributed by atoms with van der Waals surface area (Å²) >= 11 is 0. The van der Waals surface area contributed by atoms with Crippen LogP contribution in [0.1, 0.15) is 0 Å². The highest BCUT2D eigenvalue weighted by Crippen LogP contribution is 2.58. The Morgan fingerprint density at radius 2 is 0.782 bits per heavy atom. The van der Waals surface area contributed by atoms with Crippen molar-refractivity contribution in [3.05, 3.63) is 194 Å². The minimum Gasteiger partial charge on any atom is -0.456 e. The summed E-state index contributed by atoms with van der Waals surface area (Å²) in [5, 5.41) is 9.92. The van der Waals surface area contributed by atoms with Crippen LogP contribution in [0.5, 0.6) is 0 Å². The summed E-state index contributed by atoms with van der Waals surface area (Å²) in [5.41, 5.74) is 17.0. The van der Waals surface area contributed by atoms with E-state index in [2.05, 4.69) is 182 Å². The normalized spacial score (nSPS) is 12.0. The smallest absolute Gasteiger partial charge is 0.135 e. The summed E-state index contributed by atoms with van der Waals surface area (Å²) in [5.74, 6) is 0. The lowest BCUT2D eigenvalue weighted by Crippen LogP contribution is -1.93. The van der Waals surface area contributed by atoms with Crippen LogP contribution >= 0.6 is 0 Å². The topological polar surface area (TPSA) is 13.1 Å². The molecule has 1 heterocycles. The van der Waals surface area contributed by atoms with Crippen molar-refractivity contribution in [2.75, 3.05) is 0 Å². The molecule has 1 aliphatic carbocycles. The summed E-state index contributed by atoms with van der Waals surface area (Å²) in [6, 6.07) is 71.1. The number of fused-ring (bicyclic) bond motifs is 8. The SMILES string of the molecule is c1ccc(-c2c3c(c(-c4ccccc4)c4ccccc24)-c2ccc(-c4ccc5ccc(-c6ccc7oc8ccccc8c7c6)cc5c4)c4cccc-3c24)cc1. The molecule has 0 N–H and O–H groups in total. The van der Waals surface area contributed by atoms with Gasteiger partial charge in [0.25, 0.3) is 0 Å². The first-order chi connectivity index (χ1) is 27.3. The van der Waals surface area contributed by atoms with Gasteiger partial charge in [0.2, 0.25) is 0 Å². The van der Waals surface area contributed by atoms with E-state index in [9.17, 15) is 0 Å². The van der Waals surface area contributed by atoms with E-state index < -0.39 is 0 Å². The molecule has 0 aliphatic heterocycles. The highest BCUT2D eigenvalue weighted by Gasteiger charge is 2.31. The number of benzene rings is 10. The van der Waals surface area contributed by atoms with Gasteiger partial charge in [0.15, 0.2) is 0 Å². The maximum Gasteiger partial charge on any atom is 0.135 e. The van der Waals surface area contributed by atoms with E-state index in [0.29, 0.717) is 0 Å². The van der Waals surface area contributed by atoms with Crippen LogP contribution in [0.15, 0.2) is 199 Å². The summed E-state index contributed by atoms with van der Waals surface area (Å²) in [6.45, 7) is 0. The first-order valence-corrected chi connectivity index (χ1v) is 19.0. The van der Waals surface area contributed by atoms with Crippen molar-refractivity contribution in [2.45, 2.75) is 0 Å². The maximum atomic E-state index is 6.13. The Balaban J connectivity index is 1.07. The van der Waals surface area contributed by atoms with E-state index in [1.807, 2.05) is 12.1 Å². The molecule has 1 nitrogen and oxygen atoms in total. The Labute approximate surface area is 318 Å². The van der Waals surface area contributed by atoms with Crippen LogP contribution in [0.25, 0.3) is 121 Å². The second kappa shape index (κ2) is 11.6. The Kier molecular flexibility index (Phi) is 6.40. The number of para-hydroxylation sites is 1. The number of rotatable bonds is 4. The highest BCUT2D eigenvalue weighted by molar-refractivity contribution is 6.29. The van der Waals surface area contributed by atoms with Gasteiger partial charge in [0.05, 0.1) is 0 Å². The third kappa shape index (κ3) is 4.48. The van der Waals surface area contributed by atoms with Crippen LogP contribution < -0.4 is 0 Å². The van der Waals surface area contributed by atoms with Crippen LogP contribution in [-0.2, 0) is 0 Å². The molecule has 1 aromatic heterocycles. The molecule has 11 aromatic rings. The predicted octanol–water partition coefficient (Wildman–Crippen LogP) is 15.4. The molecule has 0 radical (unpaired) electrons. The average Bonchev–Trinajstić information content (AvgIpc) is 3.79. The fourth-order valence-corrected chi connectivity index (χ4v) is 9.36. The summed E-state index contributed by atoms with van der Waals surface area (Å²) in [7, 11) is 0. The molecule has 0 bridgehead atoms. The fraction of sp³-hybridized carbons (Fsp3) is 0. The first kappa shape index (κ1) is 30.3. The number of hydrogen-bond acceptors (Lipinski definition) is 1. The molecule has 0 fully saturated rings. The van der Waals surface area contributed by atoms with Gasteiger partial charge in [0.1, 0.15) is 11.2 Å². The molecule has 0 atom stereocenters. The van der Waals surface area contributed by atoms with Gasteiger partial charge in [-0.15, -0.1) is 0 Å². The van der Waals surface area contributed by atoms with Crippen molar-refractivity contribution >= 4 is 54.3 Å². The summed E-state index contributed by atoms with van der Waals surface area (Å²) in [6.07, 6.45) is 0. The monoisotopic (exact) mass is 696 g/mol. The number of furan rings is 1. The largest absolute Gasteiger partial charge is 0.456 e. The van der Waals surface area contributed by atoms with Gasteiger partial charge in [0, 0.05) is 10.8 Å². The molecule has 0 spiro atoms. The van der Waals surface area contributed by atoms with E-state index in [1.165, 1.54) is 99.1 Å². The molecule has 0 saturated heterocycles. The minimum absolute atomic E-state index is 0.919. The molecule has 0 saturated carbocycles. The van der Waals surface area contributed by atoms with Gasteiger partial charge in [-0.05, 0) is 129 Å². The van der Waals surface area contributed by atoms with Crippen molar-refractivity contribution in [3.8, 4) is 66.8 Å². The van der Waals surface area contributed by atoms with E-state index in [1.54, 1.807) is 0 Å². The van der Waals surface area contributed by atoms with Gasteiger partial charge in [-0.1, -0.05) is 164 Å². The standard InChI is InChI=1S/C54H32O/c1-3-12-34(13-4-1)50-43-17-7-8-18-44(43)51(35-14-5-2-6-15-35)54-46-28-27-40(42-19-11-20-45(52(42)46)53(50)54)38-25-23-33-22-24-36(30-39(33)31-38)37-26-29-49-47(32-37)41-16-9-10-21-48(41)55-49/h1-32H. The zero-order valence-electron chi connectivity index (χ0n) is 29.9. The van der Waals surface area contributed by atoms with Crippen LogP contribution in [-0.4, -0.2) is 0 Å². The minimum atomic E-state index is 0.919. The lowest BCUT2D eigenvalue weighted by atomic mass is 9.82. The predicted molar refractivity (Wildman–Crippen MR) is 232 cm³/mol. The van der Waals surface area contributed by atoms with Crippen LogP contribution in [0, 0.1) is 0 Å². The van der Waals surface area contributed by atoms with Crippen molar-refractivity contribution in [1.29, 1.82) is 0 Å². The molecular weight excluding hydrogens is 665 g/mol. The Hall–Kier alpha value is -7.22. The fourth-order valence-electron chi connectivity index (χ4n) is 9.36. The molecule has 10 aromatic carbocycles. The third-order valence-corrected chi connectivity index (χ3v) is 11.8. The summed E-state index contributed by atoms with van der Waals surface area (Å²) in [4.78, 5) is 0. The van der Waals surface area contributed by atoms with E-state index in [0.717, 1.165) is 21.9 Å². The molecule has 254 valence electrons. The molecular formula is C54H32O. The maximum absolute atomic E-state index is 6.13. The Morgan fingerprint density at radius 3 is 1.51 bits per heavy atom. The second-order valence-electron chi connectivity index (χ2n) is 14.8. The first-order valence-electron chi connectivity index (χ1n) is 19.0. The Morgan fingerprint density at radius 1 is 0.255 bits per heavy atom. The zero-order chi connectivity index (χ0) is 36.0. The quantitative estimate of drug-likeness (QED) is 0.179. The molecule has 1 aliphatic rings. The summed E-state index contributed by atoms with van der Waals surface area (Å²) < 4.78 is 6.13. The molecule has 0 amide bonds.